The van der Waals surface area contributed by atoms with Gasteiger partial charge in [0.15, 0.2) is 0 Å². The van der Waals surface area contributed by atoms with Gasteiger partial charge in [0.1, 0.15) is 0 Å². The number of aryl methyl sites for hydroxylation is 2. The summed E-state index contributed by atoms with van der Waals surface area (Å²) in [5, 5.41) is 0. The average Bonchev–Trinajstić information content (AvgIpc) is 2.47. The summed E-state index contributed by atoms with van der Waals surface area (Å²) < 4.78 is 4.95. The van der Waals surface area contributed by atoms with E-state index >= 15 is 0 Å². The number of ether oxygens (including phenoxy) is 1. The fourth-order valence-electron chi connectivity index (χ4n) is 1.34. The molecule has 0 spiro atoms. The molecule has 0 radical (unpaired) electrons. The number of esters is 1. The molecular formula is C10H17NO2. The Labute approximate surface area is 79.6 Å². The molecule has 0 aliphatic rings. The second kappa shape index (κ2) is 4.12. The van der Waals surface area contributed by atoms with Crippen molar-refractivity contribution >= 4 is 5.97 Å². The Bertz CT molecular complexity index is 307. The maximum atomic E-state index is 11.5. The predicted octanol–water partition coefficient (Wildman–Crippen LogP) is 2.31. The van der Waals surface area contributed by atoms with Gasteiger partial charge < -0.3 is 9.72 Å². The highest BCUT2D eigenvalue weighted by molar-refractivity contribution is 5.92. The molecule has 3 nitrogen and oxygen atoms in total. The molecule has 0 atom stereocenters. The first kappa shape index (κ1) is 9.84. The highest BCUT2D eigenvalue weighted by atomic mass is 16.5. The van der Waals surface area contributed by atoms with Gasteiger partial charge in [0.2, 0.25) is 0 Å². The first-order valence-electron chi connectivity index (χ1n) is 4.54. The molecular weight excluding hydrogens is 166 g/mol. The number of aromatic amines is 1. The van der Waals surface area contributed by atoms with Gasteiger partial charge in [0.25, 0.3) is 0 Å². The number of hydrogen-bond donors (Lipinski definition) is 1. The minimum absolute atomic E-state index is 0. The molecule has 0 fully saturated rings. The Hall–Kier alpha value is -1.25. The van der Waals surface area contributed by atoms with Crippen molar-refractivity contribution in [1.82, 2.24) is 4.98 Å². The monoisotopic (exact) mass is 183 g/mol. The Morgan fingerprint density at radius 1 is 1.62 bits per heavy atom. The van der Waals surface area contributed by atoms with Crippen LogP contribution in [0.4, 0.5) is 0 Å². The van der Waals surface area contributed by atoms with Crippen LogP contribution in [0.25, 0.3) is 0 Å². The Kier molecular flexibility index (Phi) is 3.12. The molecule has 3 heteroatoms. The molecule has 1 rings (SSSR count). The topological polar surface area (TPSA) is 42.1 Å². The number of H-pyrrole nitrogens is 1. The molecule has 1 N–H and O–H groups in total. The second-order valence-electron chi connectivity index (χ2n) is 2.90. The maximum Gasteiger partial charge on any atom is 0.340 e. The van der Waals surface area contributed by atoms with Crippen LogP contribution in [0.1, 0.15) is 36.9 Å². The van der Waals surface area contributed by atoms with Crippen LogP contribution in [-0.2, 0) is 11.2 Å². The van der Waals surface area contributed by atoms with Gasteiger partial charge in [-0.3, -0.25) is 0 Å². The Balaban J connectivity index is 0.00000169. The lowest BCUT2D eigenvalue weighted by Gasteiger charge is -2.02. The zero-order chi connectivity index (χ0) is 9.84. The van der Waals surface area contributed by atoms with Crippen LogP contribution >= 0.6 is 0 Å². The summed E-state index contributed by atoms with van der Waals surface area (Å²) >= 11 is 0. The average molecular weight is 183 g/mol. The van der Waals surface area contributed by atoms with Gasteiger partial charge in [-0.1, -0.05) is 6.92 Å². The van der Waals surface area contributed by atoms with Crippen molar-refractivity contribution < 1.29 is 11.0 Å². The molecule has 1 heterocycles. The predicted molar refractivity (Wildman–Crippen MR) is 53.0 cm³/mol. The summed E-state index contributed by atoms with van der Waals surface area (Å²) in [6, 6.07) is 0. The quantitative estimate of drug-likeness (QED) is 0.730. The number of hydrogen-bond acceptors (Lipinski definition) is 2. The van der Waals surface area contributed by atoms with Gasteiger partial charge in [0, 0.05) is 13.3 Å². The molecule has 74 valence electrons. The van der Waals surface area contributed by atoms with Gasteiger partial charge in [-0.2, -0.15) is 0 Å². The van der Waals surface area contributed by atoms with Gasteiger partial charge in [-0.05, 0) is 25.8 Å². The highest BCUT2D eigenvalue weighted by Gasteiger charge is 2.15. The SMILES string of the molecule is CCOC(=O)c1c(C)c[nH]c1CC.[HH]. The van der Waals surface area contributed by atoms with Crippen molar-refractivity contribution in [3.8, 4) is 0 Å². The normalized spacial score (nSPS) is 10.1. The van der Waals surface area contributed by atoms with Crippen LogP contribution in [0, 0.1) is 6.92 Å². The van der Waals surface area contributed by atoms with Crippen LogP contribution in [0.3, 0.4) is 0 Å². The maximum absolute atomic E-state index is 11.5. The molecule has 0 saturated carbocycles. The van der Waals surface area contributed by atoms with Crippen molar-refractivity contribution in [2.45, 2.75) is 27.2 Å². The van der Waals surface area contributed by atoms with E-state index in [1.54, 1.807) is 0 Å². The first-order valence-corrected chi connectivity index (χ1v) is 4.54. The number of rotatable bonds is 3. The minimum Gasteiger partial charge on any atom is -0.462 e. The molecule has 1 aromatic heterocycles. The third kappa shape index (κ3) is 1.91. The highest BCUT2D eigenvalue weighted by Crippen LogP contribution is 2.14. The fourth-order valence-corrected chi connectivity index (χ4v) is 1.34. The Morgan fingerprint density at radius 2 is 2.31 bits per heavy atom. The van der Waals surface area contributed by atoms with Crippen LogP contribution in [0.5, 0.6) is 0 Å². The van der Waals surface area contributed by atoms with E-state index in [1.807, 2.05) is 27.0 Å². The van der Waals surface area contributed by atoms with E-state index in [9.17, 15) is 4.79 Å². The molecule has 0 bridgehead atoms. The van der Waals surface area contributed by atoms with Crippen LogP contribution in [-0.4, -0.2) is 17.6 Å². The van der Waals surface area contributed by atoms with E-state index in [2.05, 4.69) is 4.98 Å². The minimum atomic E-state index is -0.224. The summed E-state index contributed by atoms with van der Waals surface area (Å²) in [7, 11) is 0. The van der Waals surface area contributed by atoms with Crippen LogP contribution in [0.15, 0.2) is 6.20 Å². The Morgan fingerprint density at radius 3 is 2.85 bits per heavy atom. The fraction of sp³-hybridized carbons (Fsp3) is 0.500. The summed E-state index contributed by atoms with van der Waals surface area (Å²) in [5.41, 5.74) is 2.61. The molecule has 0 aromatic carbocycles. The lowest BCUT2D eigenvalue weighted by atomic mass is 10.1. The summed E-state index contributed by atoms with van der Waals surface area (Å²) in [6.45, 7) is 6.15. The largest absolute Gasteiger partial charge is 0.462 e. The standard InChI is InChI=1S/C10H15NO2.H2/c1-4-8-9(7(3)6-11-8)10(12)13-5-2;/h6,11H,4-5H2,1-3H3;1H. The van der Waals surface area contributed by atoms with Gasteiger partial charge in [-0.25, -0.2) is 4.79 Å². The zero-order valence-corrected chi connectivity index (χ0v) is 8.31. The second-order valence-corrected chi connectivity index (χ2v) is 2.90. The number of carbonyl (C=O) groups excluding carboxylic acids is 1. The van der Waals surface area contributed by atoms with E-state index < -0.39 is 0 Å². The van der Waals surface area contributed by atoms with Crippen molar-refractivity contribution in [1.29, 1.82) is 0 Å². The third-order valence-corrected chi connectivity index (χ3v) is 1.99. The van der Waals surface area contributed by atoms with Crippen molar-refractivity contribution in [3.05, 3.63) is 23.0 Å². The van der Waals surface area contributed by atoms with Crippen molar-refractivity contribution in [2.75, 3.05) is 6.61 Å². The zero-order valence-electron chi connectivity index (χ0n) is 8.31. The molecule has 1 aromatic rings. The van der Waals surface area contributed by atoms with E-state index in [4.69, 9.17) is 4.74 Å². The lowest BCUT2D eigenvalue weighted by molar-refractivity contribution is 0.0524. The van der Waals surface area contributed by atoms with Gasteiger partial charge in [-0.15, -0.1) is 0 Å². The van der Waals surface area contributed by atoms with E-state index in [0.717, 1.165) is 17.7 Å². The van der Waals surface area contributed by atoms with Crippen molar-refractivity contribution in [3.63, 3.8) is 0 Å². The van der Waals surface area contributed by atoms with Crippen LogP contribution < -0.4 is 0 Å². The summed E-state index contributed by atoms with van der Waals surface area (Å²) in [4.78, 5) is 14.5. The summed E-state index contributed by atoms with van der Waals surface area (Å²) in [6.07, 6.45) is 2.66. The van der Waals surface area contributed by atoms with Crippen LogP contribution in [0.2, 0.25) is 0 Å². The van der Waals surface area contributed by atoms with E-state index in [0.29, 0.717) is 12.2 Å². The van der Waals surface area contributed by atoms with Crippen molar-refractivity contribution in [2.24, 2.45) is 0 Å². The molecule has 13 heavy (non-hydrogen) atoms. The van der Waals surface area contributed by atoms with E-state index in [-0.39, 0.29) is 7.40 Å². The number of nitrogens with one attached hydrogen (secondary N) is 1. The number of carbonyl (C=O) groups is 1. The van der Waals surface area contributed by atoms with Gasteiger partial charge >= 0.3 is 5.97 Å². The number of aromatic nitrogens is 1. The smallest absolute Gasteiger partial charge is 0.340 e. The first-order chi connectivity index (χ1) is 6.20. The van der Waals surface area contributed by atoms with Gasteiger partial charge in [0.05, 0.1) is 12.2 Å². The molecule has 0 saturated heterocycles. The molecule has 0 amide bonds. The van der Waals surface area contributed by atoms with E-state index in [1.165, 1.54) is 0 Å². The third-order valence-electron chi connectivity index (χ3n) is 1.99. The molecule has 0 aliphatic carbocycles. The molecule has 0 unspecified atom stereocenters. The molecule has 0 aliphatic heterocycles. The lowest BCUT2D eigenvalue weighted by Crippen LogP contribution is -2.07. The summed E-state index contributed by atoms with van der Waals surface area (Å²) in [5.74, 6) is -0.224.